The lowest BCUT2D eigenvalue weighted by molar-refractivity contribution is 0.102. The summed E-state index contributed by atoms with van der Waals surface area (Å²) in [5.41, 5.74) is 0.578. The highest BCUT2D eigenvalue weighted by Gasteiger charge is 2.38. The molecule has 1 N–H and O–H groups in total. The molecule has 1 fully saturated rings. The predicted molar refractivity (Wildman–Crippen MR) is 117 cm³/mol. The Morgan fingerprint density at radius 1 is 1.03 bits per heavy atom. The second kappa shape index (κ2) is 8.60. The molecule has 4 rings (SSSR count). The fraction of sp³-hybridized carbons (Fsp3) is 0.211. The van der Waals surface area contributed by atoms with Crippen LogP contribution in [0.1, 0.15) is 33.7 Å². The van der Waals surface area contributed by atoms with Gasteiger partial charge in [-0.25, -0.2) is 8.42 Å². The smallest absolute Gasteiger partial charge is 0.286 e. The summed E-state index contributed by atoms with van der Waals surface area (Å²) in [7, 11) is -3.72. The topological polar surface area (TPSA) is 92.3 Å². The van der Waals surface area contributed by atoms with E-state index in [-0.39, 0.29) is 9.90 Å². The van der Waals surface area contributed by atoms with Crippen LogP contribution < -0.4 is 5.32 Å². The first kappa shape index (κ1) is 21.2. The van der Waals surface area contributed by atoms with Gasteiger partial charge in [-0.05, 0) is 61.4 Å². The van der Waals surface area contributed by atoms with E-state index in [1.54, 1.807) is 36.4 Å². The minimum absolute atomic E-state index is 0.163. The number of hydrogen-bond acceptors (Lipinski definition) is 6. The summed E-state index contributed by atoms with van der Waals surface area (Å²) in [6.07, 6.45) is 1.31. The number of rotatable bonds is 5. The van der Waals surface area contributed by atoms with Crippen LogP contribution in [0.15, 0.2) is 53.4 Å². The number of carbonyl (C=O) groups is 1. The van der Waals surface area contributed by atoms with Crippen molar-refractivity contribution in [2.45, 2.75) is 23.8 Å². The van der Waals surface area contributed by atoms with Gasteiger partial charge in [-0.2, -0.15) is 4.31 Å². The quantitative estimate of drug-likeness (QED) is 0.572. The van der Waals surface area contributed by atoms with Crippen molar-refractivity contribution < 1.29 is 13.2 Å². The maximum atomic E-state index is 13.1. The normalized spacial score (nSPS) is 17.2. The predicted octanol–water partition coefficient (Wildman–Crippen LogP) is 4.62. The van der Waals surface area contributed by atoms with Crippen LogP contribution in [0.2, 0.25) is 10.0 Å². The molecule has 7 nitrogen and oxygen atoms in total. The molecule has 0 radical (unpaired) electrons. The first-order chi connectivity index (χ1) is 14.3. The SMILES string of the molecule is O=C(Nc1ccc(Cl)cc1)c1nnc(C2CCCN2S(=O)(=O)c2ccc(Cl)cc2)s1. The lowest BCUT2D eigenvalue weighted by Gasteiger charge is -2.22. The van der Waals surface area contributed by atoms with E-state index in [0.29, 0.717) is 40.1 Å². The van der Waals surface area contributed by atoms with Crippen molar-refractivity contribution in [3.05, 3.63) is 68.6 Å². The Hall–Kier alpha value is -2.04. The fourth-order valence-corrected chi connectivity index (χ4v) is 6.06. The molecule has 2 aromatic carbocycles. The van der Waals surface area contributed by atoms with E-state index in [0.717, 1.165) is 11.3 Å². The molecule has 156 valence electrons. The number of benzene rings is 2. The van der Waals surface area contributed by atoms with Gasteiger partial charge in [0, 0.05) is 22.3 Å². The zero-order valence-electron chi connectivity index (χ0n) is 15.5. The number of halogens is 2. The summed E-state index contributed by atoms with van der Waals surface area (Å²) in [4.78, 5) is 12.6. The second-order valence-corrected chi connectivity index (χ2v) is 10.4. The first-order valence-corrected chi connectivity index (χ1v) is 12.0. The summed E-state index contributed by atoms with van der Waals surface area (Å²) in [5.74, 6) is -0.411. The lowest BCUT2D eigenvalue weighted by atomic mass is 10.2. The van der Waals surface area contributed by atoms with Crippen molar-refractivity contribution in [3.63, 3.8) is 0 Å². The van der Waals surface area contributed by atoms with Crippen molar-refractivity contribution in [1.29, 1.82) is 0 Å². The number of carbonyl (C=O) groups excluding carboxylic acids is 1. The number of anilines is 1. The highest BCUT2D eigenvalue weighted by Crippen LogP contribution is 2.38. The molecule has 2 heterocycles. The molecule has 3 aromatic rings. The van der Waals surface area contributed by atoms with Gasteiger partial charge >= 0.3 is 0 Å². The van der Waals surface area contributed by atoms with Gasteiger partial charge in [0.2, 0.25) is 15.0 Å². The second-order valence-electron chi connectivity index (χ2n) is 6.63. The molecule has 0 aliphatic carbocycles. The van der Waals surface area contributed by atoms with E-state index in [9.17, 15) is 13.2 Å². The molecule has 1 saturated heterocycles. The minimum Gasteiger partial charge on any atom is -0.320 e. The zero-order valence-corrected chi connectivity index (χ0v) is 18.6. The Morgan fingerprint density at radius 2 is 1.67 bits per heavy atom. The molecular formula is C19H16Cl2N4O3S2. The number of nitrogens with one attached hydrogen (secondary N) is 1. The van der Waals surface area contributed by atoms with Crippen LogP contribution >= 0.6 is 34.5 Å². The summed E-state index contributed by atoms with van der Waals surface area (Å²) in [6, 6.07) is 12.3. The van der Waals surface area contributed by atoms with Gasteiger partial charge in [0.15, 0.2) is 0 Å². The Labute approximate surface area is 187 Å². The average molecular weight is 483 g/mol. The molecule has 1 unspecified atom stereocenters. The standard InChI is InChI=1S/C19H16Cl2N4O3S2/c20-12-3-7-14(8-4-12)22-17(26)19-24-23-18(29-19)16-2-1-11-25(16)30(27,28)15-9-5-13(21)6-10-15/h3-10,16H,1-2,11H2,(H,22,26). The summed E-state index contributed by atoms with van der Waals surface area (Å²) < 4.78 is 27.6. The molecule has 1 aromatic heterocycles. The van der Waals surface area contributed by atoms with Gasteiger partial charge in [-0.1, -0.05) is 34.5 Å². The molecular weight excluding hydrogens is 467 g/mol. The highest BCUT2D eigenvalue weighted by molar-refractivity contribution is 7.89. The molecule has 1 aliphatic heterocycles. The third-order valence-electron chi connectivity index (χ3n) is 4.65. The van der Waals surface area contributed by atoms with E-state index >= 15 is 0 Å². The fourth-order valence-electron chi connectivity index (χ4n) is 3.20. The molecule has 0 bridgehead atoms. The Kier molecular flexibility index (Phi) is 6.08. The van der Waals surface area contributed by atoms with Crippen LogP contribution in [0.4, 0.5) is 5.69 Å². The maximum Gasteiger partial charge on any atom is 0.286 e. The zero-order chi connectivity index (χ0) is 21.3. The Bertz CT molecular complexity index is 1170. The summed E-state index contributed by atoms with van der Waals surface area (Å²) in [5, 5.41) is 12.5. The number of amides is 1. The van der Waals surface area contributed by atoms with Crippen molar-refractivity contribution >= 4 is 56.2 Å². The molecule has 1 aliphatic rings. The maximum absolute atomic E-state index is 13.1. The van der Waals surface area contributed by atoms with Gasteiger partial charge in [0.05, 0.1) is 10.9 Å². The van der Waals surface area contributed by atoms with Gasteiger partial charge < -0.3 is 5.32 Å². The van der Waals surface area contributed by atoms with Crippen molar-refractivity contribution in [2.75, 3.05) is 11.9 Å². The van der Waals surface area contributed by atoms with Crippen LogP contribution in [0.3, 0.4) is 0 Å². The van der Waals surface area contributed by atoms with Crippen LogP contribution in [-0.4, -0.2) is 35.4 Å². The van der Waals surface area contributed by atoms with E-state index < -0.39 is 22.0 Å². The van der Waals surface area contributed by atoms with Crippen molar-refractivity contribution in [1.82, 2.24) is 14.5 Å². The van der Waals surface area contributed by atoms with Gasteiger partial charge in [-0.3, -0.25) is 4.79 Å². The third kappa shape index (κ3) is 4.35. The van der Waals surface area contributed by atoms with Gasteiger partial charge in [0.1, 0.15) is 5.01 Å². The number of nitrogens with zero attached hydrogens (tertiary/aromatic N) is 3. The van der Waals surface area contributed by atoms with Crippen molar-refractivity contribution in [2.24, 2.45) is 0 Å². The van der Waals surface area contributed by atoms with Gasteiger partial charge in [-0.15, -0.1) is 10.2 Å². The van der Waals surface area contributed by atoms with Crippen LogP contribution in [-0.2, 0) is 10.0 Å². The number of sulfonamides is 1. The first-order valence-electron chi connectivity index (χ1n) is 9.02. The highest BCUT2D eigenvalue weighted by atomic mass is 35.5. The monoisotopic (exact) mass is 482 g/mol. The largest absolute Gasteiger partial charge is 0.320 e. The van der Waals surface area contributed by atoms with E-state index in [4.69, 9.17) is 23.2 Å². The van der Waals surface area contributed by atoms with Crippen LogP contribution in [0, 0.1) is 0 Å². The Balaban J connectivity index is 1.54. The van der Waals surface area contributed by atoms with E-state index in [1.807, 2.05) is 0 Å². The molecule has 1 amide bonds. The lowest BCUT2D eigenvalue weighted by Crippen LogP contribution is -2.30. The van der Waals surface area contributed by atoms with E-state index in [2.05, 4.69) is 15.5 Å². The Morgan fingerprint density at radius 3 is 2.33 bits per heavy atom. The molecule has 0 spiro atoms. The molecule has 0 saturated carbocycles. The average Bonchev–Trinajstić information content (AvgIpc) is 3.40. The van der Waals surface area contributed by atoms with Crippen LogP contribution in [0.5, 0.6) is 0 Å². The molecule has 30 heavy (non-hydrogen) atoms. The molecule has 1 atom stereocenters. The van der Waals surface area contributed by atoms with Gasteiger partial charge in [0.25, 0.3) is 5.91 Å². The van der Waals surface area contributed by atoms with Crippen molar-refractivity contribution in [3.8, 4) is 0 Å². The number of hydrogen-bond donors (Lipinski definition) is 1. The van der Waals surface area contributed by atoms with E-state index in [1.165, 1.54) is 16.4 Å². The summed E-state index contributed by atoms with van der Waals surface area (Å²) >= 11 is 12.8. The third-order valence-corrected chi connectivity index (χ3v) is 8.10. The minimum atomic E-state index is -3.72. The number of aromatic nitrogens is 2. The molecule has 11 heteroatoms. The van der Waals surface area contributed by atoms with Crippen LogP contribution in [0.25, 0.3) is 0 Å². The summed E-state index contributed by atoms with van der Waals surface area (Å²) in [6.45, 7) is 0.376.